The molecule has 2 aromatic rings. The molecule has 0 aliphatic rings. The molecule has 0 amide bonds. The monoisotopic (exact) mass is 335 g/mol. The number of nitro groups is 1. The summed E-state index contributed by atoms with van der Waals surface area (Å²) in [5, 5.41) is 15.1. The molecule has 7 nitrogen and oxygen atoms in total. The summed E-state index contributed by atoms with van der Waals surface area (Å²) < 4.78 is 0. The summed E-state index contributed by atoms with van der Waals surface area (Å²) in [6.07, 6.45) is 1.32. The van der Waals surface area contributed by atoms with E-state index in [9.17, 15) is 10.1 Å². The van der Waals surface area contributed by atoms with E-state index in [1.807, 2.05) is 31.7 Å². The first kappa shape index (κ1) is 17.0. The number of hydrogen-bond acceptors (Lipinski definition) is 6. The average molecular weight is 336 g/mol. The van der Waals surface area contributed by atoms with Crippen LogP contribution in [0.3, 0.4) is 0 Å². The van der Waals surface area contributed by atoms with Gasteiger partial charge in [-0.2, -0.15) is 0 Å². The standard InChI is InChI=1S/C15H18ClN5O2/c1-4-20(5-2)15-13(21(22)23)14(17-9-18-15)19-12-8-11(16)7-6-10(12)3/h6-9H,4-5H2,1-3H3,(H,17,18,19). The number of aryl methyl sites for hydroxylation is 1. The third-order valence-corrected chi connectivity index (χ3v) is 3.74. The molecule has 0 saturated carbocycles. The summed E-state index contributed by atoms with van der Waals surface area (Å²) >= 11 is 6.00. The van der Waals surface area contributed by atoms with Gasteiger partial charge in [-0.25, -0.2) is 9.97 Å². The minimum atomic E-state index is -0.462. The van der Waals surface area contributed by atoms with Crippen LogP contribution in [0.2, 0.25) is 5.02 Å². The zero-order valence-corrected chi connectivity index (χ0v) is 14.0. The van der Waals surface area contributed by atoms with E-state index < -0.39 is 4.92 Å². The Morgan fingerprint density at radius 3 is 2.61 bits per heavy atom. The fraction of sp³-hybridized carbons (Fsp3) is 0.333. The molecule has 0 fully saturated rings. The molecule has 122 valence electrons. The zero-order valence-electron chi connectivity index (χ0n) is 13.2. The predicted octanol–water partition coefficient (Wildman–Crippen LogP) is 3.94. The number of benzene rings is 1. The highest BCUT2D eigenvalue weighted by Crippen LogP contribution is 2.34. The normalized spacial score (nSPS) is 10.4. The van der Waals surface area contributed by atoms with Crippen molar-refractivity contribution in [2.75, 3.05) is 23.3 Å². The number of nitrogens with one attached hydrogen (secondary N) is 1. The Bertz CT molecular complexity index is 719. The Balaban J connectivity index is 2.52. The van der Waals surface area contributed by atoms with E-state index in [0.717, 1.165) is 5.56 Å². The van der Waals surface area contributed by atoms with E-state index in [1.54, 1.807) is 12.1 Å². The fourth-order valence-electron chi connectivity index (χ4n) is 2.24. The van der Waals surface area contributed by atoms with E-state index in [1.165, 1.54) is 6.33 Å². The quantitative estimate of drug-likeness (QED) is 0.636. The first-order chi connectivity index (χ1) is 11.0. The summed E-state index contributed by atoms with van der Waals surface area (Å²) in [6.45, 7) is 6.96. The van der Waals surface area contributed by atoms with Crippen LogP contribution in [-0.2, 0) is 0 Å². The van der Waals surface area contributed by atoms with Crippen molar-refractivity contribution in [3.8, 4) is 0 Å². The SMILES string of the molecule is CCN(CC)c1ncnc(Nc2cc(Cl)ccc2C)c1[N+](=O)[O-]. The van der Waals surface area contributed by atoms with Crippen molar-refractivity contribution in [1.29, 1.82) is 0 Å². The maximum atomic E-state index is 11.6. The number of hydrogen-bond donors (Lipinski definition) is 1. The van der Waals surface area contributed by atoms with Gasteiger partial charge in [-0.3, -0.25) is 10.1 Å². The van der Waals surface area contributed by atoms with Crippen LogP contribution >= 0.6 is 11.6 Å². The van der Waals surface area contributed by atoms with E-state index in [4.69, 9.17) is 11.6 Å². The molecule has 1 heterocycles. The Kier molecular flexibility index (Phi) is 5.33. The Morgan fingerprint density at radius 2 is 2.00 bits per heavy atom. The molecule has 0 radical (unpaired) electrons. The van der Waals surface area contributed by atoms with Crippen LogP contribution in [-0.4, -0.2) is 28.0 Å². The van der Waals surface area contributed by atoms with Crippen molar-refractivity contribution in [2.24, 2.45) is 0 Å². The van der Waals surface area contributed by atoms with Gasteiger partial charge in [0, 0.05) is 23.8 Å². The molecule has 0 aliphatic heterocycles. The molecule has 1 aromatic heterocycles. The van der Waals surface area contributed by atoms with Gasteiger partial charge in [0.25, 0.3) is 0 Å². The van der Waals surface area contributed by atoms with Gasteiger partial charge in [0.05, 0.1) is 4.92 Å². The summed E-state index contributed by atoms with van der Waals surface area (Å²) in [5.74, 6) is 0.453. The molecule has 0 aliphatic carbocycles. The van der Waals surface area contributed by atoms with Crippen LogP contribution in [0.5, 0.6) is 0 Å². The van der Waals surface area contributed by atoms with Crippen LogP contribution in [0, 0.1) is 17.0 Å². The van der Waals surface area contributed by atoms with Gasteiger partial charge in [-0.15, -0.1) is 0 Å². The highest BCUT2D eigenvalue weighted by atomic mass is 35.5. The maximum absolute atomic E-state index is 11.6. The fourth-order valence-corrected chi connectivity index (χ4v) is 2.41. The van der Waals surface area contributed by atoms with Gasteiger partial charge in [0.2, 0.25) is 11.6 Å². The second-order valence-electron chi connectivity index (χ2n) is 4.91. The molecule has 8 heteroatoms. The van der Waals surface area contributed by atoms with E-state index in [0.29, 0.717) is 29.6 Å². The predicted molar refractivity (Wildman–Crippen MR) is 91.7 cm³/mol. The van der Waals surface area contributed by atoms with Crippen molar-refractivity contribution >= 4 is 34.6 Å². The molecule has 0 bridgehead atoms. The smallest absolute Gasteiger partial charge is 0.351 e. The topological polar surface area (TPSA) is 84.2 Å². The van der Waals surface area contributed by atoms with Crippen molar-refractivity contribution in [3.63, 3.8) is 0 Å². The van der Waals surface area contributed by atoms with Crippen molar-refractivity contribution in [1.82, 2.24) is 9.97 Å². The van der Waals surface area contributed by atoms with Crippen molar-refractivity contribution in [3.05, 3.63) is 45.2 Å². The number of halogens is 1. The lowest BCUT2D eigenvalue weighted by Crippen LogP contribution is -2.24. The average Bonchev–Trinajstić information content (AvgIpc) is 2.52. The third kappa shape index (κ3) is 3.68. The number of nitrogens with zero attached hydrogens (tertiary/aromatic N) is 4. The van der Waals surface area contributed by atoms with Gasteiger partial charge in [-0.05, 0) is 38.5 Å². The van der Waals surface area contributed by atoms with Crippen molar-refractivity contribution in [2.45, 2.75) is 20.8 Å². The van der Waals surface area contributed by atoms with Crippen LogP contribution in [0.1, 0.15) is 19.4 Å². The lowest BCUT2D eigenvalue weighted by molar-refractivity contribution is -0.383. The Morgan fingerprint density at radius 1 is 1.30 bits per heavy atom. The van der Waals surface area contributed by atoms with E-state index >= 15 is 0 Å². The molecular weight excluding hydrogens is 318 g/mol. The lowest BCUT2D eigenvalue weighted by Gasteiger charge is -2.20. The molecule has 0 unspecified atom stereocenters. The summed E-state index contributed by atoms with van der Waals surface area (Å²) in [4.78, 5) is 21.0. The minimum Gasteiger partial charge on any atom is -0.351 e. The van der Waals surface area contributed by atoms with Crippen LogP contribution < -0.4 is 10.2 Å². The largest absolute Gasteiger partial charge is 0.353 e. The Hall–Kier alpha value is -2.41. The first-order valence-electron chi connectivity index (χ1n) is 7.25. The molecular formula is C15H18ClN5O2. The second kappa shape index (κ2) is 7.23. The second-order valence-corrected chi connectivity index (χ2v) is 5.34. The highest BCUT2D eigenvalue weighted by Gasteiger charge is 2.26. The van der Waals surface area contributed by atoms with Gasteiger partial charge in [0.1, 0.15) is 6.33 Å². The van der Waals surface area contributed by atoms with Crippen molar-refractivity contribution < 1.29 is 4.92 Å². The summed E-state index contributed by atoms with van der Waals surface area (Å²) in [7, 11) is 0. The highest BCUT2D eigenvalue weighted by molar-refractivity contribution is 6.30. The maximum Gasteiger partial charge on any atom is 0.353 e. The number of rotatable bonds is 6. The van der Waals surface area contributed by atoms with Crippen LogP contribution in [0.25, 0.3) is 0 Å². The van der Waals surface area contributed by atoms with E-state index in [2.05, 4.69) is 15.3 Å². The number of anilines is 3. The Labute approximate surface area is 139 Å². The van der Waals surface area contributed by atoms with Gasteiger partial charge in [-0.1, -0.05) is 17.7 Å². The zero-order chi connectivity index (χ0) is 17.0. The molecule has 0 spiro atoms. The molecule has 1 aromatic carbocycles. The molecule has 0 saturated heterocycles. The third-order valence-electron chi connectivity index (χ3n) is 3.50. The molecule has 0 atom stereocenters. The first-order valence-corrected chi connectivity index (χ1v) is 7.63. The van der Waals surface area contributed by atoms with Gasteiger partial charge >= 0.3 is 5.69 Å². The molecule has 2 rings (SSSR count). The van der Waals surface area contributed by atoms with Gasteiger partial charge in [0.15, 0.2) is 0 Å². The summed E-state index contributed by atoms with van der Waals surface area (Å²) in [5.41, 5.74) is 1.44. The van der Waals surface area contributed by atoms with Gasteiger partial charge < -0.3 is 10.2 Å². The lowest BCUT2D eigenvalue weighted by atomic mass is 10.2. The number of aromatic nitrogens is 2. The molecule has 23 heavy (non-hydrogen) atoms. The van der Waals surface area contributed by atoms with E-state index in [-0.39, 0.29) is 11.5 Å². The minimum absolute atomic E-state index is 0.143. The molecule has 1 N–H and O–H groups in total. The summed E-state index contributed by atoms with van der Waals surface area (Å²) in [6, 6.07) is 5.31. The van der Waals surface area contributed by atoms with Crippen LogP contribution in [0.15, 0.2) is 24.5 Å². The van der Waals surface area contributed by atoms with Crippen LogP contribution in [0.4, 0.5) is 23.0 Å².